The van der Waals surface area contributed by atoms with E-state index in [2.05, 4.69) is 0 Å². The van der Waals surface area contributed by atoms with Gasteiger partial charge in [-0.3, -0.25) is 0 Å². The zero-order valence-corrected chi connectivity index (χ0v) is 8.22. The van der Waals surface area contributed by atoms with Gasteiger partial charge < -0.3 is 10.8 Å². The normalized spacial score (nSPS) is 15.3. The van der Waals surface area contributed by atoms with E-state index in [1.807, 2.05) is 0 Å². The Morgan fingerprint density at radius 2 is 1.79 bits per heavy atom. The molecule has 0 unspecified atom stereocenters. The minimum Gasteiger partial charge on any atom is -0.387 e. The summed E-state index contributed by atoms with van der Waals surface area (Å²) in [5, 5.41) is 9.35. The van der Waals surface area contributed by atoms with Gasteiger partial charge in [0, 0.05) is 11.1 Å². The highest BCUT2D eigenvalue weighted by Gasteiger charge is 2.21. The van der Waals surface area contributed by atoms with Crippen LogP contribution in [0.15, 0.2) is 12.1 Å². The smallest absolute Gasteiger partial charge is 0.133 e. The summed E-state index contributed by atoms with van der Waals surface area (Å²) in [6.45, 7) is 1.46. The van der Waals surface area contributed by atoms with E-state index in [1.54, 1.807) is 0 Å². The van der Waals surface area contributed by atoms with Crippen molar-refractivity contribution in [1.29, 1.82) is 0 Å². The van der Waals surface area contributed by atoms with Gasteiger partial charge in [-0.2, -0.15) is 0 Å². The van der Waals surface area contributed by atoms with Crippen molar-refractivity contribution in [1.82, 2.24) is 0 Å². The highest BCUT2D eigenvalue weighted by molar-refractivity contribution is 6.30. The van der Waals surface area contributed by atoms with Crippen LogP contribution in [-0.2, 0) is 0 Å². The molecule has 3 N–H and O–H groups in total. The molecule has 0 spiro atoms. The maximum Gasteiger partial charge on any atom is 0.133 e. The van der Waals surface area contributed by atoms with Gasteiger partial charge in [0.1, 0.15) is 11.6 Å². The first-order valence-electron chi connectivity index (χ1n) is 4.01. The van der Waals surface area contributed by atoms with Crippen LogP contribution < -0.4 is 5.73 Å². The molecule has 0 saturated carbocycles. The third kappa shape index (κ3) is 2.20. The van der Waals surface area contributed by atoms with E-state index in [4.69, 9.17) is 17.3 Å². The molecule has 0 bridgehead atoms. The predicted molar refractivity (Wildman–Crippen MR) is 50.0 cm³/mol. The standard InChI is InChI=1S/C9H10ClF2NO/c1-4(13)9(14)8-6(11)2-5(10)3-7(8)12/h2-4,9,14H,13H2,1H3/t4-,9-/m0/s1. The van der Waals surface area contributed by atoms with Gasteiger partial charge in [0.25, 0.3) is 0 Å². The number of benzene rings is 1. The second kappa shape index (κ2) is 4.21. The molecule has 0 aliphatic rings. The molecule has 2 nitrogen and oxygen atoms in total. The van der Waals surface area contributed by atoms with E-state index in [0.29, 0.717) is 0 Å². The average molecular weight is 222 g/mol. The molecular formula is C9H10ClF2NO. The molecular weight excluding hydrogens is 212 g/mol. The number of hydrogen-bond acceptors (Lipinski definition) is 2. The summed E-state index contributed by atoms with van der Waals surface area (Å²) in [6, 6.07) is 1.12. The lowest BCUT2D eigenvalue weighted by Gasteiger charge is -2.16. The quantitative estimate of drug-likeness (QED) is 0.803. The molecule has 0 aromatic heterocycles. The van der Waals surface area contributed by atoms with Crippen molar-refractivity contribution >= 4 is 11.6 Å². The molecule has 0 amide bonds. The molecule has 0 fully saturated rings. The molecule has 2 atom stereocenters. The monoisotopic (exact) mass is 221 g/mol. The molecule has 1 rings (SSSR count). The number of halogens is 3. The van der Waals surface area contributed by atoms with Crippen LogP contribution in [0.5, 0.6) is 0 Å². The molecule has 0 aliphatic heterocycles. The molecule has 5 heteroatoms. The van der Waals surface area contributed by atoms with Crippen LogP contribution in [0.3, 0.4) is 0 Å². The summed E-state index contributed by atoms with van der Waals surface area (Å²) in [4.78, 5) is 0. The minimum atomic E-state index is -1.37. The molecule has 14 heavy (non-hydrogen) atoms. The van der Waals surface area contributed by atoms with Gasteiger partial charge in [0.15, 0.2) is 0 Å². The summed E-state index contributed by atoms with van der Waals surface area (Å²) < 4.78 is 26.4. The van der Waals surface area contributed by atoms with Gasteiger partial charge in [-0.05, 0) is 19.1 Å². The van der Waals surface area contributed by atoms with Crippen molar-refractivity contribution in [2.24, 2.45) is 5.73 Å². The maximum atomic E-state index is 13.2. The lowest BCUT2D eigenvalue weighted by Crippen LogP contribution is -2.26. The first kappa shape index (κ1) is 11.4. The summed E-state index contributed by atoms with van der Waals surface area (Å²) in [5.41, 5.74) is 4.89. The Kier molecular flexibility index (Phi) is 3.42. The number of aliphatic hydroxyl groups excluding tert-OH is 1. The Morgan fingerprint density at radius 1 is 1.36 bits per heavy atom. The van der Waals surface area contributed by atoms with Crippen LogP contribution in [0.4, 0.5) is 8.78 Å². The van der Waals surface area contributed by atoms with Gasteiger partial charge in [-0.25, -0.2) is 8.78 Å². The topological polar surface area (TPSA) is 46.2 Å². The lowest BCUT2D eigenvalue weighted by atomic mass is 10.0. The SMILES string of the molecule is C[C@H](N)[C@H](O)c1c(F)cc(Cl)cc1F. The summed E-state index contributed by atoms with van der Waals surface area (Å²) in [7, 11) is 0. The van der Waals surface area contributed by atoms with Crippen LogP contribution in [0, 0.1) is 11.6 Å². The van der Waals surface area contributed by atoms with Gasteiger partial charge in [0.2, 0.25) is 0 Å². The van der Waals surface area contributed by atoms with Crippen molar-refractivity contribution in [2.75, 3.05) is 0 Å². The molecule has 1 aromatic carbocycles. The summed E-state index contributed by atoms with van der Waals surface area (Å²) >= 11 is 5.41. The Balaban J connectivity index is 3.20. The Morgan fingerprint density at radius 3 is 2.14 bits per heavy atom. The largest absolute Gasteiger partial charge is 0.387 e. The van der Waals surface area contributed by atoms with Gasteiger partial charge in [-0.1, -0.05) is 11.6 Å². The molecule has 0 saturated heterocycles. The number of nitrogens with two attached hydrogens (primary N) is 1. The van der Waals surface area contributed by atoms with Crippen molar-refractivity contribution in [2.45, 2.75) is 19.1 Å². The van der Waals surface area contributed by atoms with Crippen molar-refractivity contribution in [3.05, 3.63) is 34.4 Å². The van der Waals surface area contributed by atoms with Crippen LogP contribution in [0.1, 0.15) is 18.6 Å². The van der Waals surface area contributed by atoms with E-state index in [-0.39, 0.29) is 5.02 Å². The fourth-order valence-corrected chi connectivity index (χ4v) is 1.29. The summed E-state index contributed by atoms with van der Waals surface area (Å²) in [6.07, 6.45) is -1.37. The number of hydrogen-bond donors (Lipinski definition) is 2. The Labute approximate surface area is 85.3 Å². The number of aliphatic hydroxyl groups is 1. The molecule has 78 valence electrons. The maximum absolute atomic E-state index is 13.2. The highest BCUT2D eigenvalue weighted by Crippen LogP contribution is 2.25. The van der Waals surface area contributed by atoms with E-state index in [9.17, 15) is 13.9 Å². The van der Waals surface area contributed by atoms with Crippen LogP contribution in [0.2, 0.25) is 5.02 Å². The van der Waals surface area contributed by atoms with Crippen LogP contribution >= 0.6 is 11.6 Å². The van der Waals surface area contributed by atoms with Gasteiger partial charge >= 0.3 is 0 Å². The zero-order chi connectivity index (χ0) is 10.9. The minimum absolute atomic E-state index is 0.0550. The lowest BCUT2D eigenvalue weighted by molar-refractivity contribution is 0.144. The third-order valence-electron chi connectivity index (χ3n) is 1.84. The average Bonchev–Trinajstić information content (AvgIpc) is 2.01. The van der Waals surface area contributed by atoms with Crippen molar-refractivity contribution in [3.8, 4) is 0 Å². The summed E-state index contributed by atoms with van der Waals surface area (Å²) in [5.74, 6) is -1.78. The fourth-order valence-electron chi connectivity index (χ4n) is 1.10. The van der Waals surface area contributed by atoms with Crippen molar-refractivity contribution < 1.29 is 13.9 Å². The second-order valence-electron chi connectivity index (χ2n) is 3.09. The molecule has 0 radical (unpaired) electrons. The predicted octanol–water partition coefficient (Wildman–Crippen LogP) is 2.00. The van der Waals surface area contributed by atoms with E-state index in [0.717, 1.165) is 12.1 Å². The van der Waals surface area contributed by atoms with E-state index in [1.165, 1.54) is 6.92 Å². The molecule has 0 heterocycles. The van der Waals surface area contributed by atoms with Gasteiger partial charge in [-0.15, -0.1) is 0 Å². The second-order valence-corrected chi connectivity index (χ2v) is 3.52. The third-order valence-corrected chi connectivity index (χ3v) is 2.06. The van der Waals surface area contributed by atoms with Crippen LogP contribution in [-0.4, -0.2) is 11.1 Å². The van der Waals surface area contributed by atoms with Gasteiger partial charge in [0.05, 0.1) is 11.7 Å². The zero-order valence-electron chi connectivity index (χ0n) is 7.47. The highest BCUT2D eigenvalue weighted by atomic mass is 35.5. The van der Waals surface area contributed by atoms with E-state index < -0.39 is 29.3 Å². The first-order chi connectivity index (χ1) is 6.43. The fraction of sp³-hybridized carbons (Fsp3) is 0.333. The molecule has 1 aromatic rings. The Bertz CT molecular complexity index is 321. The van der Waals surface area contributed by atoms with E-state index >= 15 is 0 Å². The van der Waals surface area contributed by atoms with Crippen molar-refractivity contribution in [3.63, 3.8) is 0 Å². The Hall–Kier alpha value is -0.710. The molecule has 0 aliphatic carbocycles. The first-order valence-corrected chi connectivity index (χ1v) is 4.39. The number of rotatable bonds is 2. The van der Waals surface area contributed by atoms with Crippen LogP contribution in [0.25, 0.3) is 0 Å².